The fourth-order valence-electron chi connectivity index (χ4n) is 3.05. The van der Waals surface area contributed by atoms with Gasteiger partial charge in [-0.1, -0.05) is 48.5 Å². The van der Waals surface area contributed by atoms with Gasteiger partial charge in [0.2, 0.25) is 5.91 Å². The first-order valence-electron chi connectivity index (χ1n) is 9.32. The highest BCUT2D eigenvalue weighted by atomic mass is 32.1. The summed E-state index contributed by atoms with van der Waals surface area (Å²) in [4.78, 5) is 25.6. The van der Waals surface area contributed by atoms with Gasteiger partial charge in [-0.05, 0) is 41.3 Å². The van der Waals surface area contributed by atoms with E-state index in [9.17, 15) is 9.59 Å². The molecule has 2 amide bonds. The Morgan fingerprint density at radius 1 is 0.867 bits per heavy atom. The number of nitrogen functional groups attached to an aromatic ring is 1. The van der Waals surface area contributed by atoms with Crippen molar-refractivity contribution in [1.82, 2.24) is 0 Å². The summed E-state index contributed by atoms with van der Waals surface area (Å²) in [5, 5.41) is 6.58. The van der Waals surface area contributed by atoms with Gasteiger partial charge in [0.05, 0.1) is 16.3 Å². The molecule has 0 bridgehead atoms. The maximum Gasteiger partial charge on any atom is 0.265 e. The predicted octanol–water partition coefficient (Wildman–Crippen LogP) is 4.37. The lowest BCUT2D eigenvalue weighted by molar-refractivity contribution is -0.117. The molecule has 0 aliphatic rings. The average Bonchev–Trinajstić information content (AvgIpc) is 3.19. The van der Waals surface area contributed by atoms with Crippen molar-refractivity contribution in [2.24, 2.45) is 5.73 Å². The van der Waals surface area contributed by atoms with Crippen molar-refractivity contribution in [3.63, 3.8) is 0 Å². The van der Waals surface area contributed by atoms with Gasteiger partial charge in [-0.25, -0.2) is 0 Å². The summed E-state index contributed by atoms with van der Waals surface area (Å²) >= 11 is 1.34. The van der Waals surface area contributed by atoms with Crippen molar-refractivity contribution < 1.29 is 9.59 Å². The Bertz CT molecular complexity index is 1220. The second-order valence-corrected chi connectivity index (χ2v) is 7.87. The van der Waals surface area contributed by atoms with Crippen LogP contribution in [-0.2, 0) is 4.79 Å². The largest absolute Gasteiger partial charge is 0.397 e. The summed E-state index contributed by atoms with van der Waals surface area (Å²) in [6.07, 6.45) is 0. The zero-order valence-corrected chi connectivity index (χ0v) is 16.8. The van der Waals surface area contributed by atoms with Crippen molar-refractivity contribution in [3.05, 3.63) is 89.3 Å². The molecular weight excluding hydrogens is 396 g/mol. The molecule has 0 fully saturated rings. The van der Waals surface area contributed by atoms with Crippen LogP contribution < -0.4 is 22.1 Å². The van der Waals surface area contributed by atoms with E-state index in [1.807, 2.05) is 60.7 Å². The standard InChI is InChI=1S/C23H20N4O2S/c24-17-8-4-5-9-18(17)27-22(28)20-12-15-10-11-16(13-19(15)30-20)26-23(29)21(25)14-6-2-1-3-7-14/h1-13,21H,24-25H2,(H,26,29)(H,27,28)/t21-/m1/s1. The van der Waals surface area contributed by atoms with Crippen molar-refractivity contribution in [1.29, 1.82) is 0 Å². The minimum absolute atomic E-state index is 0.231. The van der Waals surface area contributed by atoms with Gasteiger partial charge >= 0.3 is 0 Å². The van der Waals surface area contributed by atoms with Crippen LogP contribution in [0.3, 0.4) is 0 Å². The van der Waals surface area contributed by atoms with E-state index in [2.05, 4.69) is 10.6 Å². The smallest absolute Gasteiger partial charge is 0.265 e. The van der Waals surface area contributed by atoms with Gasteiger partial charge in [-0.2, -0.15) is 0 Å². The summed E-state index contributed by atoms with van der Waals surface area (Å²) in [5.74, 6) is -0.527. The predicted molar refractivity (Wildman–Crippen MR) is 123 cm³/mol. The lowest BCUT2D eigenvalue weighted by Gasteiger charge is -2.12. The number of anilines is 3. The maximum atomic E-state index is 12.6. The number of hydrogen-bond donors (Lipinski definition) is 4. The molecule has 30 heavy (non-hydrogen) atoms. The minimum atomic E-state index is -0.761. The number of para-hydroxylation sites is 2. The van der Waals surface area contributed by atoms with Crippen LogP contribution in [0.5, 0.6) is 0 Å². The Kier molecular flexibility index (Phi) is 5.47. The van der Waals surface area contributed by atoms with Crippen molar-refractivity contribution in [2.45, 2.75) is 6.04 Å². The second kappa shape index (κ2) is 8.36. The maximum absolute atomic E-state index is 12.6. The van der Waals surface area contributed by atoms with Crippen LogP contribution >= 0.6 is 11.3 Å². The van der Waals surface area contributed by atoms with Gasteiger partial charge in [-0.3, -0.25) is 9.59 Å². The van der Waals surface area contributed by atoms with E-state index in [1.54, 1.807) is 18.2 Å². The van der Waals surface area contributed by atoms with E-state index in [-0.39, 0.29) is 11.8 Å². The highest BCUT2D eigenvalue weighted by Crippen LogP contribution is 2.30. The van der Waals surface area contributed by atoms with Crippen molar-refractivity contribution in [2.75, 3.05) is 16.4 Å². The van der Waals surface area contributed by atoms with Gasteiger partial charge in [0.1, 0.15) is 6.04 Å². The Labute approximate surface area is 177 Å². The average molecular weight is 417 g/mol. The number of rotatable bonds is 5. The fraction of sp³-hybridized carbons (Fsp3) is 0.0435. The molecule has 4 rings (SSSR count). The van der Waals surface area contributed by atoms with E-state index < -0.39 is 6.04 Å². The number of hydrogen-bond acceptors (Lipinski definition) is 5. The summed E-state index contributed by atoms with van der Waals surface area (Å²) in [5.41, 5.74) is 14.4. The lowest BCUT2D eigenvalue weighted by Crippen LogP contribution is -2.27. The van der Waals surface area contributed by atoms with Crippen molar-refractivity contribution >= 4 is 50.3 Å². The molecule has 1 aromatic heterocycles. The summed E-state index contributed by atoms with van der Waals surface area (Å²) < 4.78 is 0.882. The molecule has 0 unspecified atom stereocenters. The summed E-state index contributed by atoms with van der Waals surface area (Å²) in [6.45, 7) is 0. The normalized spacial score (nSPS) is 11.8. The number of thiophene rings is 1. The van der Waals surface area contributed by atoms with Gasteiger partial charge < -0.3 is 22.1 Å². The molecule has 150 valence electrons. The number of carbonyl (C=O) groups excluding carboxylic acids is 2. The third-order valence-electron chi connectivity index (χ3n) is 4.66. The molecule has 1 atom stereocenters. The molecule has 0 saturated heterocycles. The Balaban J connectivity index is 1.50. The van der Waals surface area contributed by atoms with Gasteiger partial charge in [0.25, 0.3) is 5.91 Å². The molecule has 0 spiro atoms. The molecule has 0 aliphatic heterocycles. The number of carbonyl (C=O) groups is 2. The van der Waals surface area contributed by atoms with Crippen molar-refractivity contribution in [3.8, 4) is 0 Å². The van der Waals surface area contributed by atoms with Crippen LogP contribution in [0.25, 0.3) is 10.1 Å². The van der Waals surface area contributed by atoms with E-state index in [0.717, 1.165) is 15.6 Å². The van der Waals surface area contributed by atoms with E-state index in [1.165, 1.54) is 11.3 Å². The van der Waals surface area contributed by atoms with Gasteiger partial charge in [0.15, 0.2) is 0 Å². The van der Waals surface area contributed by atoms with Crippen LogP contribution in [-0.4, -0.2) is 11.8 Å². The summed E-state index contributed by atoms with van der Waals surface area (Å²) in [7, 11) is 0. The highest BCUT2D eigenvalue weighted by molar-refractivity contribution is 7.21. The van der Waals surface area contributed by atoms with E-state index in [0.29, 0.717) is 21.9 Å². The molecule has 1 heterocycles. The zero-order valence-electron chi connectivity index (χ0n) is 16.0. The SMILES string of the molecule is Nc1ccccc1NC(=O)c1cc2ccc(NC(=O)[C@H](N)c3ccccc3)cc2s1. The third-order valence-corrected chi connectivity index (χ3v) is 5.76. The first-order valence-corrected chi connectivity index (χ1v) is 10.1. The van der Waals surface area contributed by atoms with Crippen LogP contribution in [0, 0.1) is 0 Å². The lowest BCUT2D eigenvalue weighted by atomic mass is 10.1. The monoisotopic (exact) mass is 416 g/mol. The number of amides is 2. The Hall–Kier alpha value is -3.68. The number of benzene rings is 3. The number of nitrogens with one attached hydrogen (secondary N) is 2. The van der Waals surface area contributed by atoms with Crippen LogP contribution in [0.4, 0.5) is 17.1 Å². The first kappa shape index (κ1) is 19.6. The molecule has 3 aromatic carbocycles. The number of fused-ring (bicyclic) bond motifs is 1. The first-order chi connectivity index (χ1) is 14.5. The topological polar surface area (TPSA) is 110 Å². The Morgan fingerprint density at radius 3 is 2.37 bits per heavy atom. The Morgan fingerprint density at radius 2 is 1.60 bits per heavy atom. The molecule has 0 radical (unpaired) electrons. The molecule has 6 N–H and O–H groups in total. The van der Waals surface area contributed by atoms with E-state index in [4.69, 9.17) is 11.5 Å². The quantitative estimate of drug-likeness (QED) is 0.362. The molecule has 0 saturated carbocycles. The fourth-order valence-corrected chi connectivity index (χ4v) is 4.04. The third kappa shape index (κ3) is 4.17. The van der Waals surface area contributed by atoms with Gasteiger partial charge in [-0.15, -0.1) is 11.3 Å². The molecule has 7 heteroatoms. The summed E-state index contributed by atoms with van der Waals surface area (Å²) in [6, 6.07) is 22.8. The van der Waals surface area contributed by atoms with Crippen LogP contribution in [0.2, 0.25) is 0 Å². The highest BCUT2D eigenvalue weighted by Gasteiger charge is 2.16. The minimum Gasteiger partial charge on any atom is -0.397 e. The zero-order chi connectivity index (χ0) is 21.1. The van der Waals surface area contributed by atoms with Crippen LogP contribution in [0.1, 0.15) is 21.3 Å². The van der Waals surface area contributed by atoms with E-state index >= 15 is 0 Å². The molecule has 0 aliphatic carbocycles. The van der Waals surface area contributed by atoms with Crippen LogP contribution in [0.15, 0.2) is 78.9 Å². The molecule has 6 nitrogen and oxygen atoms in total. The van der Waals surface area contributed by atoms with Gasteiger partial charge in [0, 0.05) is 10.4 Å². The number of nitrogens with two attached hydrogens (primary N) is 2. The molecular formula is C23H20N4O2S. The second-order valence-electron chi connectivity index (χ2n) is 6.78. The molecule has 4 aromatic rings.